The van der Waals surface area contributed by atoms with Crippen molar-refractivity contribution in [1.82, 2.24) is 9.97 Å². The summed E-state index contributed by atoms with van der Waals surface area (Å²) in [6.45, 7) is 0. The van der Waals surface area contributed by atoms with Crippen molar-refractivity contribution >= 4 is 28.1 Å². The fourth-order valence-corrected chi connectivity index (χ4v) is 2.76. The number of rotatable bonds is 2. The summed E-state index contributed by atoms with van der Waals surface area (Å²) in [5, 5.41) is 2.33. The number of carbonyl (C=O) groups is 1. The van der Waals surface area contributed by atoms with Crippen molar-refractivity contribution in [3.05, 3.63) is 60.4 Å². The first-order valence-corrected chi connectivity index (χ1v) is 6.49. The highest BCUT2D eigenvalue weighted by molar-refractivity contribution is 6.05. The topological polar surface area (TPSA) is 48.6 Å². The summed E-state index contributed by atoms with van der Waals surface area (Å²) in [5.74, 6) is 0. The molecular weight excluding hydrogens is 248 g/mol. The summed E-state index contributed by atoms with van der Waals surface area (Å²) in [7, 11) is 0. The molecule has 0 atom stereocenters. The molecule has 3 heteroatoms. The molecule has 0 bridgehead atoms. The number of aromatic nitrogens is 2. The molecule has 0 fully saturated rings. The lowest BCUT2D eigenvalue weighted by Crippen LogP contribution is -1.80. The van der Waals surface area contributed by atoms with E-state index in [2.05, 4.69) is 28.2 Å². The van der Waals surface area contributed by atoms with Crippen LogP contribution in [0.5, 0.6) is 0 Å². The van der Waals surface area contributed by atoms with Gasteiger partial charge in [0, 0.05) is 45.3 Å². The van der Waals surface area contributed by atoms with Gasteiger partial charge in [0.05, 0.1) is 0 Å². The van der Waals surface area contributed by atoms with Crippen molar-refractivity contribution in [1.29, 1.82) is 0 Å². The van der Waals surface area contributed by atoms with E-state index in [1.54, 1.807) is 0 Å². The van der Waals surface area contributed by atoms with Gasteiger partial charge in [-0.25, -0.2) is 0 Å². The van der Waals surface area contributed by atoms with Gasteiger partial charge >= 0.3 is 0 Å². The molecule has 2 aromatic heterocycles. The van der Waals surface area contributed by atoms with Gasteiger partial charge < -0.3 is 9.97 Å². The summed E-state index contributed by atoms with van der Waals surface area (Å²) >= 11 is 0. The number of aldehydes is 1. The number of hydrogen-bond donors (Lipinski definition) is 2. The third kappa shape index (κ3) is 1.50. The molecule has 20 heavy (non-hydrogen) atoms. The van der Waals surface area contributed by atoms with Gasteiger partial charge in [-0.3, -0.25) is 4.79 Å². The smallest absolute Gasteiger partial charge is 0.150 e. The number of carbonyl (C=O) groups excluding carboxylic acids is 1. The zero-order valence-electron chi connectivity index (χ0n) is 10.7. The minimum absolute atomic E-state index is 0.686. The van der Waals surface area contributed by atoms with Crippen molar-refractivity contribution < 1.29 is 4.79 Å². The van der Waals surface area contributed by atoms with Crippen LogP contribution in [0.15, 0.2) is 54.9 Å². The standard InChI is InChI=1S/C17H12N2O/c20-10-11-4-5-13-15(9-19-17(13)8-11)12-2-1-3-16-14(12)6-7-18-16/h1-10,18-19H. The Hall–Kier alpha value is -2.81. The molecule has 0 radical (unpaired) electrons. The van der Waals surface area contributed by atoms with Crippen molar-refractivity contribution in [3.63, 3.8) is 0 Å². The lowest BCUT2D eigenvalue weighted by Gasteiger charge is -2.02. The molecule has 0 spiro atoms. The largest absolute Gasteiger partial charge is 0.361 e. The zero-order valence-corrected chi connectivity index (χ0v) is 10.7. The van der Waals surface area contributed by atoms with E-state index in [1.807, 2.05) is 36.7 Å². The van der Waals surface area contributed by atoms with Gasteiger partial charge in [-0.15, -0.1) is 0 Å². The first-order chi connectivity index (χ1) is 9.86. The van der Waals surface area contributed by atoms with Crippen molar-refractivity contribution in [2.75, 3.05) is 0 Å². The number of aromatic amines is 2. The summed E-state index contributed by atoms with van der Waals surface area (Å²) in [6, 6.07) is 14.0. The predicted molar refractivity (Wildman–Crippen MR) is 81.0 cm³/mol. The first-order valence-electron chi connectivity index (χ1n) is 6.49. The second-order valence-corrected chi connectivity index (χ2v) is 4.87. The van der Waals surface area contributed by atoms with Gasteiger partial charge in [0.1, 0.15) is 6.29 Å². The monoisotopic (exact) mass is 260 g/mol. The van der Waals surface area contributed by atoms with Crippen LogP contribution in [0.2, 0.25) is 0 Å². The molecule has 2 aromatic carbocycles. The molecule has 96 valence electrons. The lowest BCUT2D eigenvalue weighted by atomic mass is 10.0. The quantitative estimate of drug-likeness (QED) is 0.523. The van der Waals surface area contributed by atoms with E-state index in [0.717, 1.165) is 28.3 Å². The van der Waals surface area contributed by atoms with E-state index in [1.165, 1.54) is 10.9 Å². The van der Waals surface area contributed by atoms with Crippen molar-refractivity contribution in [3.8, 4) is 11.1 Å². The van der Waals surface area contributed by atoms with E-state index in [4.69, 9.17) is 0 Å². The second kappa shape index (κ2) is 4.10. The van der Waals surface area contributed by atoms with Crippen LogP contribution in [0.4, 0.5) is 0 Å². The fraction of sp³-hybridized carbons (Fsp3) is 0. The van der Waals surface area contributed by atoms with Crippen LogP contribution in [-0.2, 0) is 0 Å². The number of nitrogens with one attached hydrogen (secondary N) is 2. The van der Waals surface area contributed by atoms with Crippen LogP contribution >= 0.6 is 0 Å². The molecule has 4 rings (SSSR count). The second-order valence-electron chi connectivity index (χ2n) is 4.87. The molecule has 0 aliphatic heterocycles. The Bertz CT molecular complexity index is 930. The maximum absolute atomic E-state index is 10.8. The van der Waals surface area contributed by atoms with Crippen LogP contribution < -0.4 is 0 Å². The Kier molecular flexibility index (Phi) is 2.27. The summed E-state index contributed by atoms with van der Waals surface area (Å²) in [5.41, 5.74) is 5.14. The maximum atomic E-state index is 10.8. The molecular formula is C17H12N2O. The minimum Gasteiger partial charge on any atom is -0.361 e. The fourth-order valence-electron chi connectivity index (χ4n) is 2.76. The third-order valence-corrected chi connectivity index (χ3v) is 3.73. The molecule has 0 amide bonds. The Labute approximate surface area is 115 Å². The molecule has 3 nitrogen and oxygen atoms in total. The summed E-state index contributed by atoms with van der Waals surface area (Å²) in [4.78, 5) is 17.3. The van der Waals surface area contributed by atoms with Gasteiger partial charge in [-0.1, -0.05) is 24.3 Å². The van der Waals surface area contributed by atoms with Gasteiger partial charge in [0.2, 0.25) is 0 Å². The van der Waals surface area contributed by atoms with E-state index < -0.39 is 0 Å². The minimum atomic E-state index is 0.686. The van der Waals surface area contributed by atoms with Crippen LogP contribution in [0, 0.1) is 0 Å². The highest BCUT2D eigenvalue weighted by atomic mass is 16.1. The Balaban J connectivity index is 2.03. The molecule has 0 saturated carbocycles. The van der Waals surface area contributed by atoms with Crippen LogP contribution in [0.25, 0.3) is 32.9 Å². The zero-order chi connectivity index (χ0) is 13.5. The SMILES string of the molecule is O=Cc1ccc2c(-c3cccc4[nH]ccc34)c[nH]c2c1. The van der Waals surface area contributed by atoms with Crippen LogP contribution in [0.3, 0.4) is 0 Å². The number of hydrogen-bond acceptors (Lipinski definition) is 1. The normalized spacial score (nSPS) is 11.2. The van der Waals surface area contributed by atoms with Crippen molar-refractivity contribution in [2.24, 2.45) is 0 Å². The number of fused-ring (bicyclic) bond motifs is 2. The van der Waals surface area contributed by atoms with E-state index >= 15 is 0 Å². The van der Waals surface area contributed by atoms with E-state index in [-0.39, 0.29) is 0 Å². The molecule has 4 aromatic rings. The molecule has 0 unspecified atom stereocenters. The van der Waals surface area contributed by atoms with Gasteiger partial charge in [-0.05, 0) is 23.8 Å². The number of benzene rings is 2. The Morgan fingerprint density at radius 3 is 2.65 bits per heavy atom. The van der Waals surface area contributed by atoms with E-state index in [0.29, 0.717) is 5.56 Å². The number of H-pyrrole nitrogens is 2. The van der Waals surface area contributed by atoms with Gasteiger partial charge in [-0.2, -0.15) is 0 Å². The Morgan fingerprint density at radius 1 is 0.850 bits per heavy atom. The molecule has 2 heterocycles. The van der Waals surface area contributed by atoms with Gasteiger partial charge in [0.25, 0.3) is 0 Å². The highest BCUT2D eigenvalue weighted by Gasteiger charge is 2.10. The lowest BCUT2D eigenvalue weighted by molar-refractivity contribution is 0.112. The average molecular weight is 260 g/mol. The predicted octanol–water partition coefficient (Wildman–Crippen LogP) is 4.13. The third-order valence-electron chi connectivity index (χ3n) is 3.73. The molecule has 2 N–H and O–H groups in total. The van der Waals surface area contributed by atoms with Crippen molar-refractivity contribution in [2.45, 2.75) is 0 Å². The summed E-state index contributed by atoms with van der Waals surface area (Å²) < 4.78 is 0. The average Bonchev–Trinajstić information content (AvgIpc) is 3.12. The van der Waals surface area contributed by atoms with E-state index in [9.17, 15) is 4.79 Å². The van der Waals surface area contributed by atoms with Gasteiger partial charge in [0.15, 0.2) is 0 Å². The maximum Gasteiger partial charge on any atom is 0.150 e. The molecule has 0 aliphatic rings. The Morgan fingerprint density at radius 2 is 1.75 bits per heavy atom. The summed E-state index contributed by atoms with van der Waals surface area (Å²) in [6.07, 6.45) is 4.82. The molecule has 0 saturated heterocycles. The highest BCUT2D eigenvalue weighted by Crippen LogP contribution is 2.33. The first kappa shape index (κ1) is 11.1. The molecule has 0 aliphatic carbocycles. The van der Waals surface area contributed by atoms with Crippen LogP contribution in [-0.4, -0.2) is 16.3 Å². The van der Waals surface area contributed by atoms with Crippen LogP contribution in [0.1, 0.15) is 10.4 Å².